The van der Waals surface area contributed by atoms with E-state index in [0.29, 0.717) is 29.4 Å². The number of carbonyl (C=O) groups excluding carboxylic acids is 2. The third kappa shape index (κ3) is 6.22. The van der Waals surface area contributed by atoms with E-state index in [2.05, 4.69) is 15.4 Å². The molecule has 2 N–H and O–H groups in total. The van der Waals surface area contributed by atoms with Gasteiger partial charge in [0, 0.05) is 13.0 Å². The number of hydrogen-bond acceptors (Lipinski definition) is 4. The third-order valence-corrected chi connectivity index (χ3v) is 3.29. The number of methoxy groups -OCH3 is 2. The third-order valence-electron chi connectivity index (χ3n) is 2.99. The van der Waals surface area contributed by atoms with Crippen molar-refractivity contribution in [2.75, 3.05) is 26.1 Å². The van der Waals surface area contributed by atoms with Crippen LogP contribution < -0.4 is 15.4 Å². The van der Waals surface area contributed by atoms with Gasteiger partial charge in [0.2, 0.25) is 0 Å². The van der Waals surface area contributed by atoms with E-state index in [1.165, 1.54) is 14.2 Å². The highest BCUT2D eigenvalue weighted by Gasteiger charge is 2.09. The lowest BCUT2D eigenvalue weighted by atomic mass is 10.2. The molecule has 0 aromatic heterocycles. The zero-order valence-electron chi connectivity index (χ0n) is 12.8. The van der Waals surface area contributed by atoms with Gasteiger partial charge in [-0.05, 0) is 25.0 Å². The molecule has 6 nitrogen and oxygen atoms in total. The van der Waals surface area contributed by atoms with Crippen molar-refractivity contribution in [2.45, 2.75) is 25.7 Å². The van der Waals surface area contributed by atoms with E-state index in [1.54, 1.807) is 18.2 Å². The number of unbranched alkanes of at least 4 members (excludes halogenated alkanes) is 2. The lowest BCUT2D eigenvalue weighted by Gasteiger charge is -2.12. The quantitative estimate of drug-likeness (QED) is 0.567. The number of rotatable bonds is 8. The molecular formula is C15H21ClN2O4. The molecular weight excluding hydrogens is 308 g/mol. The molecule has 7 heteroatoms. The van der Waals surface area contributed by atoms with Crippen molar-refractivity contribution < 1.29 is 19.1 Å². The summed E-state index contributed by atoms with van der Waals surface area (Å²) in [7, 11) is 2.87. The fraction of sp³-hybridized carbons (Fsp3) is 0.467. The highest BCUT2D eigenvalue weighted by molar-refractivity contribution is 6.32. The van der Waals surface area contributed by atoms with Crippen molar-refractivity contribution in [1.29, 1.82) is 0 Å². The van der Waals surface area contributed by atoms with Crippen LogP contribution in [0, 0.1) is 0 Å². The number of anilines is 1. The number of halogens is 1. The number of ether oxygens (including phenoxy) is 2. The number of urea groups is 1. The molecule has 1 aromatic carbocycles. The van der Waals surface area contributed by atoms with Crippen molar-refractivity contribution in [3.8, 4) is 5.75 Å². The highest BCUT2D eigenvalue weighted by atomic mass is 35.5. The normalized spacial score (nSPS) is 9.95. The van der Waals surface area contributed by atoms with E-state index in [0.717, 1.165) is 19.3 Å². The molecule has 0 fully saturated rings. The van der Waals surface area contributed by atoms with E-state index >= 15 is 0 Å². The Morgan fingerprint density at radius 2 is 1.95 bits per heavy atom. The zero-order valence-corrected chi connectivity index (χ0v) is 13.5. The Morgan fingerprint density at radius 3 is 2.64 bits per heavy atom. The summed E-state index contributed by atoms with van der Waals surface area (Å²) in [6, 6.07) is 4.80. The van der Waals surface area contributed by atoms with Crippen LogP contribution in [-0.2, 0) is 9.53 Å². The van der Waals surface area contributed by atoms with Crippen LogP contribution in [-0.4, -0.2) is 32.8 Å². The van der Waals surface area contributed by atoms with Crippen LogP contribution in [0.4, 0.5) is 10.5 Å². The molecule has 0 bridgehead atoms. The molecule has 0 unspecified atom stereocenters. The van der Waals surface area contributed by atoms with Gasteiger partial charge in [0.15, 0.2) is 5.75 Å². The van der Waals surface area contributed by atoms with Gasteiger partial charge in [-0.25, -0.2) is 4.79 Å². The number of para-hydroxylation sites is 1. The maximum absolute atomic E-state index is 11.8. The number of amides is 2. The topological polar surface area (TPSA) is 76.7 Å². The lowest BCUT2D eigenvalue weighted by Crippen LogP contribution is -2.29. The van der Waals surface area contributed by atoms with Crippen LogP contribution in [0.5, 0.6) is 5.75 Å². The van der Waals surface area contributed by atoms with Gasteiger partial charge in [0.05, 0.1) is 24.9 Å². The van der Waals surface area contributed by atoms with Gasteiger partial charge in [-0.3, -0.25) is 4.79 Å². The second-order valence-corrected chi connectivity index (χ2v) is 5.00. The summed E-state index contributed by atoms with van der Waals surface area (Å²) in [6.45, 7) is 0.524. The zero-order chi connectivity index (χ0) is 16.4. The summed E-state index contributed by atoms with van der Waals surface area (Å²) >= 11 is 5.98. The molecule has 122 valence electrons. The van der Waals surface area contributed by atoms with E-state index in [9.17, 15) is 9.59 Å². The molecule has 0 aliphatic carbocycles. The fourth-order valence-corrected chi connectivity index (χ4v) is 2.11. The van der Waals surface area contributed by atoms with Gasteiger partial charge < -0.3 is 20.1 Å². The number of esters is 1. The smallest absolute Gasteiger partial charge is 0.319 e. The summed E-state index contributed by atoms with van der Waals surface area (Å²) in [5.74, 6) is 0.219. The van der Waals surface area contributed by atoms with Gasteiger partial charge >= 0.3 is 12.0 Å². The molecule has 0 radical (unpaired) electrons. The molecule has 0 aliphatic rings. The van der Waals surface area contributed by atoms with Crippen LogP contribution in [0.25, 0.3) is 0 Å². The summed E-state index contributed by atoms with van der Waals surface area (Å²) in [4.78, 5) is 22.7. The average molecular weight is 329 g/mol. The van der Waals surface area contributed by atoms with Crippen molar-refractivity contribution >= 4 is 29.3 Å². The number of hydrogen-bond donors (Lipinski definition) is 2. The van der Waals surface area contributed by atoms with Crippen LogP contribution >= 0.6 is 11.6 Å². The molecule has 0 aliphatic heterocycles. The first-order chi connectivity index (χ1) is 10.6. The van der Waals surface area contributed by atoms with Crippen LogP contribution in [0.15, 0.2) is 18.2 Å². The van der Waals surface area contributed by atoms with Gasteiger partial charge in [0.1, 0.15) is 0 Å². The molecule has 0 saturated heterocycles. The second-order valence-electron chi connectivity index (χ2n) is 4.59. The Kier molecular flexibility index (Phi) is 8.14. The maximum atomic E-state index is 11.8. The van der Waals surface area contributed by atoms with Crippen molar-refractivity contribution in [3.05, 3.63) is 23.2 Å². The van der Waals surface area contributed by atoms with Crippen LogP contribution in [0.1, 0.15) is 25.7 Å². The fourth-order valence-electron chi connectivity index (χ4n) is 1.86. The van der Waals surface area contributed by atoms with Crippen LogP contribution in [0.3, 0.4) is 0 Å². The number of benzene rings is 1. The minimum atomic E-state index is -0.325. The summed E-state index contributed by atoms with van der Waals surface area (Å²) in [6.07, 6.45) is 2.79. The largest absolute Gasteiger partial charge is 0.493 e. The standard InChI is InChI=1S/C15H21ClN2O4/c1-21-13(19)9-4-3-5-10-17-15(20)18-12-8-6-7-11(16)14(12)22-2/h6-8H,3-5,9-10H2,1-2H3,(H2,17,18,20). The Morgan fingerprint density at radius 1 is 1.18 bits per heavy atom. The molecule has 0 heterocycles. The highest BCUT2D eigenvalue weighted by Crippen LogP contribution is 2.32. The monoisotopic (exact) mass is 328 g/mol. The van der Waals surface area contributed by atoms with Gasteiger partial charge in [0.25, 0.3) is 0 Å². The van der Waals surface area contributed by atoms with E-state index < -0.39 is 0 Å². The first-order valence-corrected chi connectivity index (χ1v) is 7.40. The molecule has 1 aromatic rings. The lowest BCUT2D eigenvalue weighted by molar-refractivity contribution is -0.140. The second kappa shape index (κ2) is 9.89. The Hall–Kier alpha value is -1.95. The van der Waals surface area contributed by atoms with E-state index in [1.807, 2.05) is 0 Å². The van der Waals surface area contributed by atoms with Crippen molar-refractivity contribution in [3.63, 3.8) is 0 Å². The Bertz CT molecular complexity index is 508. The molecule has 0 saturated carbocycles. The molecule has 2 amide bonds. The summed E-state index contributed by atoms with van der Waals surface area (Å²) < 4.78 is 9.70. The predicted octanol–water partition coefficient (Wildman–Crippen LogP) is 3.20. The van der Waals surface area contributed by atoms with Gasteiger partial charge in [-0.15, -0.1) is 0 Å². The molecule has 1 rings (SSSR count). The molecule has 0 spiro atoms. The minimum Gasteiger partial charge on any atom is -0.493 e. The molecule has 22 heavy (non-hydrogen) atoms. The van der Waals surface area contributed by atoms with E-state index in [4.69, 9.17) is 16.3 Å². The summed E-state index contributed by atoms with van der Waals surface area (Å²) in [5, 5.41) is 5.86. The van der Waals surface area contributed by atoms with Crippen molar-refractivity contribution in [2.24, 2.45) is 0 Å². The summed E-state index contributed by atoms with van der Waals surface area (Å²) in [5.41, 5.74) is 0.512. The Balaban J connectivity index is 2.27. The first-order valence-electron chi connectivity index (χ1n) is 7.02. The minimum absolute atomic E-state index is 0.209. The Labute approximate surface area is 135 Å². The van der Waals surface area contributed by atoms with Crippen molar-refractivity contribution in [1.82, 2.24) is 5.32 Å². The van der Waals surface area contributed by atoms with Crippen LogP contribution in [0.2, 0.25) is 5.02 Å². The van der Waals surface area contributed by atoms with E-state index in [-0.39, 0.29) is 12.0 Å². The maximum Gasteiger partial charge on any atom is 0.319 e. The first kappa shape index (κ1) is 18.1. The van der Waals surface area contributed by atoms with Gasteiger partial charge in [-0.1, -0.05) is 24.1 Å². The number of nitrogens with one attached hydrogen (secondary N) is 2. The number of carbonyl (C=O) groups is 2. The predicted molar refractivity (Wildman–Crippen MR) is 85.5 cm³/mol. The SMILES string of the molecule is COC(=O)CCCCCNC(=O)Nc1cccc(Cl)c1OC. The van der Waals surface area contributed by atoms with Gasteiger partial charge in [-0.2, -0.15) is 0 Å². The molecule has 0 atom stereocenters. The average Bonchev–Trinajstić information content (AvgIpc) is 2.50.